The Kier molecular flexibility index (Phi) is 7.89. The van der Waals surface area contributed by atoms with E-state index in [4.69, 9.17) is 0 Å². The normalized spacial score (nSPS) is 12.8. The van der Waals surface area contributed by atoms with Crippen molar-refractivity contribution in [1.29, 1.82) is 0 Å². The lowest BCUT2D eigenvalue weighted by molar-refractivity contribution is 0.102. The molecule has 8 heteroatoms. The Balaban J connectivity index is 1.39. The van der Waals surface area contributed by atoms with E-state index in [0.29, 0.717) is 5.69 Å². The molecular formula is C32H35N5O2S. The minimum Gasteiger partial charge on any atom is -0.322 e. The molecule has 1 aliphatic rings. The van der Waals surface area contributed by atoms with Crippen molar-refractivity contribution in [2.24, 2.45) is 5.10 Å². The van der Waals surface area contributed by atoms with Gasteiger partial charge in [0.2, 0.25) is 0 Å². The molecule has 0 radical (unpaired) electrons. The van der Waals surface area contributed by atoms with Gasteiger partial charge in [-0.05, 0) is 107 Å². The summed E-state index contributed by atoms with van der Waals surface area (Å²) in [5, 5.41) is 11.1. The van der Waals surface area contributed by atoms with Gasteiger partial charge in [-0.2, -0.15) is 5.10 Å². The second-order valence-corrected chi connectivity index (χ2v) is 11.6. The second-order valence-electron chi connectivity index (χ2n) is 10.5. The number of rotatable bonds is 6. The van der Waals surface area contributed by atoms with Gasteiger partial charge >= 0.3 is 6.03 Å². The molecule has 1 aliphatic carbocycles. The number of nitrogens with one attached hydrogen (secondary N) is 3. The molecule has 4 aromatic rings. The molecule has 0 saturated heterocycles. The summed E-state index contributed by atoms with van der Waals surface area (Å²) in [5.74, 6) is -0.0781. The Bertz CT molecular complexity index is 1610. The summed E-state index contributed by atoms with van der Waals surface area (Å²) in [6, 6.07) is 15.3. The fourth-order valence-corrected chi connectivity index (χ4v) is 6.64. The largest absolute Gasteiger partial charge is 0.339 e. The highest BCUT2D eigenvalue weighted by molar-refractivity contribution is 7.15. The highest BCUT2D eigenvalue weighted by Crippen LogP contribution is 2.39. The van der Waals surface area contributed by atoms with Gasteiger partial charge < -0.3 is 15.2 Å². The van der Waals surface area contributed by atoms with Crippen molar-refractivity contribution in [2.45, 2.75) is 60.3 Å². The molecule has 5 rings (SSSR count). The maximum atomic E-state index is 13.7. The van der Waals surface area contributed by atoms with E-state index >= 15 is 0 Å². The van der Waals surface area contributed by atoms with E-state index in [9.17, 15) is 9.59 Å². The average Bonchev–Trinajstić information content (AvgIpc) is 3.43. The average molecular weight is 554 g/mol. The van der Waals surface area contributed by atoms with Crippen molar-refractivity contribution in [3.05, 3.63) is 98.2 Å². The van der Waals surface area contributed by atoms with Crippen LogP contribution in [-0.2, 0) is 12.8 Å². The van der Waals surface area contributed by atoms with Gasteiger partial charge in [-0.15, -0.1) is 11.3 Å². The van der Waals surface area contributed by atoms with Gasteiger partial charge in [0.1, 0.15) is 5.00 Å². The van der Waals surface area contributed by atoms with Gasteiger partial charge in [-0.1, -0.05) is 23.8 Å². The highest BCUT2D eigenvalue weighted by atomic mass is 32.1. The van der Waals surface area contributed by atoms with Gasteiger partial charge in [0.05, 0.1) is 11.8 Å². The van der Waals surface area contributed by atoms with Crippen molar-refractivity contribution < 1.29 is 9.59 Å². The third kappa shape index (κ3) is 5.72. The number of aryl methyl sites for hydroxylation is 5. The molecule has 0 atom stereocenters. The molecule has 0 saturated carbocycles. The van der Waals surface area contributed by atoms with Crippen molar-refractivity contribution in [3.8, 4) is 5.00 Å². The molecule has 2 heterocycles. The van der Waals surface area contributed by atoms with Crippen LogP contribution >= 0.6 is 11.3 Å². The third-order valence-electron chi connectivity index (χ3n) is 7.50. The van der Waals surface area contributed by atoms with Crippen LogP contribution in [0.4, 0.5) is 16.2 Å². The number of amides is 3. The number of hydrazone groups is 1. The van der Waals surface area contributed by atoms with Crippen LogP contribution in [0.3, 0.4) is 0 Å². The molecule has 3 N–H and O–H groups in total. The number of nitrogens with zero attached hydrogens (tertiary/aromatic N) is 2. The Morgan fingerprint density at radius 3 is 2.35 bits per heavy atom. The Morgan fingerprint density at radius 1 is 0.875 bits per heavy atom. The number of hydrogen-bond acceptors (Lipinski definition) is 4. The van der Waals surface area contributed by atoms with Crippen LogP contribution in [0.5, 0.6) is 0 Å². The minimum atomic E-state index is -0.408. The highest BCUT2D eigenvalue weighted by Gasteiger charge is 2.28. The summed E-state index contributed by atoms with van der Waals surface area (Å²) in [7, 11) is 0. The van der Waals surface area contributed by atoms with Crippen LogP contribution in [0.25, 0.3) is 5.00 Å². The molecule has 7 nitrogen and oxygen atoms in total. The van der Waals surface area contributed by atoms with E-state index in [1.54, 1.807) is 17.6 Å². The SMILES string of the molecule is Cc1ccc(NC(=O)c2c(-n3c(C)cc(/C=N/NC(=O)Nc4ccc(C)c(C)c4)c3C)sc3c2CCCC3)cc1. The lowest BCUT2D eigenvalue weighted by Gasteiger charge is -2.14. The van der Waals surface area contributed by atoms with E-state index in [1.807, 2.05) is 83.1 Å². The van der Waals surface area contributed by atoms with Gasteiger partial charge in [0, 0.05) is 33.2 Å². The number of carbonyl (C=O) groups excluding carboxylic acids is 2. The summed E-state index contributed by atoms with van der Waals surface area (Å²) in [6.07, 6.45) is 5.79. The Morgan fingerprint density at radius 2 is 1.60 bits per heavy atom. The smallest absolute Gasteiger partial charge is 0.322 e. The summed E-state index contributed by atoms with van der Waals surface area (Å²) < 4.78 is 2.14. The van der Waals surface area contributed by atoms with Gasteiger partial charge in [-0.3, -0.25) is 4.79 Å². The predicted molar refractivity (Wildman–Crippen MR) is 165 cm³/mol. The first-order valence-corrected chi connectivity index (χ1v) is 14.4. The van der Waals surface area contributed by atoms with Crippen LogP contribution in [0.2, 0.25) is 0 Å². The number of aromatic nitrogens is 1. The maximum absolute atomic E-state index is 13.7. The third-order valence-corrected chi connectivity index (χ3v) is 8.77. The van der Waals surface area contributed by atoms with E-state index in [1.165, 1.54) is 16.0 Å². The molecule has 3 amide bonds. The number of anilines is 2. The fourth-order valence-electron chi connectivity index (χ4n) is 5.14. The van der Waals surface area contributed by atoms with Gasteiger partial charge in [0.25, 0.3) is 5.91 Å². The number of carbonyl (C=O) groups is 2. The quantitative estimate of drug-likeness (QED) is 0.172. The zero-order chi connectivity index (χ0) is 28.4. The molecule has 206 valence electrons. The van der Waals surface area contributed by atoms with Crippen molar-refractivity contribution in [2.75, 3.05) is 10.6 Å². The molecule has 0 spiro atoms. The number of benzene rings is 2. The topological polar surface area (TPSA) is 87.5 Å². The number of thiophene rings is 1. The molecule has 0 fully saturated rings. The first kappa shape index (κ1) is 27.4. The second kappa shape index (κ2) is 11.5. The van der Waals surface area contributed by atoms with Crippen molar-refractivity contribution >= 4 is 40.9 Å². The molecular weight excluding hydrogens is 518 g/mol. The zero-order valence-electron chi connectivity index (χ0n) is 23.6. The van der Waals surface area contributed by atoms with E-state index in [2.05, 4.69) is 25.7 Å². The molecule has 2 aromatic heterocycles. The van der Waals surface area contributed by atoms with Gasteiger partial charge in [-0.25, -0.2) is 10.2 Å². The van der Waals surface area contributed by atoms with Crippen LogP contribution in [0.15, 0.2) is 53.6 Å². The van der Waals surface area contributed by atoms with Crippen LogP contribution < -0.4 is 16.1 Å². The standard InChI is InChI=1S/C32H35N5O2S/c1-19-10-13-25(14-11-19)34-30(38)29-27-8-6-7-9-28(27)40-31(29)37-22(4)17-24(23(37)5)18-33-36-32(39)35-26-15-12-20(2)21(3)16-26/h10-18H,6-9H2,1-5H3,(H,34,38)(H2,35,36,39)/b33-18+. The van der Waals surface area contributed by atoms with Gasteiger partial charge in [0.15, 0.2) is 0 Å². The number of fused-ring (bicyclic) bond motifs is 1. The van der Waals surface area contributed by atoms with Crippen LogP contribution in [0.1, 0.15) is 67.3 Å². The Labute approximate surface area is 239 Å². The lowest BCUT2D eigenvalue weighted by atomic mass is 9.95. The number of urea groups is 1. The van der Waals surface area contributed by atoms with Crippen LogP contribution in [-0.4, -0.2) is 22.7 Å². The number of hydrogen-bond donors (Lipinski definition) is 3. The molecule has 0 aliphatic heterocycles. The molecule has 0 unspecified atom stereocenters. The molecule has 0 bridgehead atoms. The molecule has 2 aromatic carbocycles. The van der Waals surface area contributed by atoms with Crippen molar-refractivity contribution in [1.82, 2.24) is 9.99 Å². The van der Waals surface area contributed by atoms with E-state index in [-0.39, 0.29) is 5.91 Å². The van der Waals surface area contributed by atoms with Crippen LogP contribution in [0, 0.1) is 34.6 Å². The summed E-state index contributed by atoms with van der Waals surface area (Å²) >= 11 is 1.71. The fraction of sp³-hybridized carbons (Fsp3) is 0.281. The van der Waals surface area contributed by atoms with Crippen molar-refractivity contribution in [3.63, 3.8) is 0 Å². The maximum Gasteiger partial charge on any atom is 0.339 e. The lowest BCUT2D eigenvalue weighted by Crippen LogP contribution is -2.24. The predicted octanol–water partition coefficient (Wildman–Crippen LogP) is 7.37. The first-order chi connectivity index (χ1) is 19.2. The minimum absolute atomic E-state index is 0.0781. The summed E-state index contributed by atoms with van der Waals surface area (Å²) in [6.45, 7) is 10.1. The first-order valence-electron chi connectivity index (χ1n) is 13.6. The summed E-state index contributed by atoms with van der Waals surface area (Å²) in [4.78, 5) is 27.4. The van der Waals surface area contributed by atoms with E-state index < -0.39 is 6.03 Å². The Hall–Kier alpha value is -4.17. The zero-order valence-corrected chi connectivity index (χ0v) is 24.5. The summed E-state index contributed by atoms with van der Waals surface area (Å²) in [5.41, 5.74) is 12.3. The monoisotopic (exact) mass is 553 g/mol. The molecule has 40 heavy (non-hydrogen) atoms. The van der Waals surface area contributed by atoms with E-state index in [0.717, 1.165) is 70.0 Å².